The number of nitrogen functional groups attached to an aromatic ring is 1. The van der Waals surface area contributed by atoms with Crippen LogP contribution in [0.3, 0.4) is 0 Å². The molecule has 4 heteroatoms. The third-order valence-electron chi connectivity index (χ3n) is 1.63. The van der Waals surface area contributed by atoms with Gasteiger partial charge in [0, 0.05) is 9.86 Å². The highest BCUT2D eigenvalue weighted by Crippen LogP contribution is 2.38. The summed E-state index contributed by atoms with van der Waals surface area (Å²) in [5.41, 5.74) is 5.81. The van der Waals surface area contributed by atoms with Crippen LogP contribution in [-0.2, 0) is 0 Å². The second-order valence-corrected chi connectivity index (χ2v) is 5.38. The Kier molecular flexibility index (Phi) is 2.31. The van der Waals surface area contributed by atoms with E-state index in [0.29, 0.717) is 0 Å². The van der Waals surface area contributed by atoms with Gasteiger partial charge in [0.25, 0.3) is 0 Å². The average molecular weight is 354 g/mol. The molecule has 1 heterocycles. The zero-order valence-electron chi connectivity index (χ0n) is 5.97. The number of hydrogen-bond donors (Lipinski definition) is 1. The molecule has 0 aliphatic rings. The van der Waals surface area contributed by atoms with Crippen LogP contribution in [0.1, 0.15) is 0 Å². The molecule has 0 unspecified atom stereocenters. The first-order valence-corrected chi connectivity index (χ1v) is 6.01. The minimum absolute atomic E-state index is 0.900. The van der Waals surface area contributed by atoms with Crippen LogP contribution in [-0.4, -0.2) is 0 Å². The van der Waals surface area contributed by atoms with Crippen molar-refractivity contribution in [3.05, 3.63) is 26.2 Å². The van der Waals surface area contributed by atoms with Crippen LogP contribution in [0.4, 0.5) is 5.00 Å². The molecule has 2 N–H and O–H groups in total. The minimum Gasteiger partial charge on any atom is -0.390 e. The molecular formula is C8H5BrINS. The molecule has 0 fully saturated rings. The second kappa shape index (κ2) is 3.16. The van der Waals surface area contributed by atoms with E-state index in [0.717, 1.165) is 13.0 Å². The standard InChI is InChI=1S/C8H5BrINS/c9-5-3-1-2-4-6(10)8(11)12-7(4)5/h1-3H,11H2. The van der Waals surface area contributed by atoms with Crippen LogP contribution in [0.2, 0.25) is 0 Å². The van der Waals surface area contributed by atoms with Crippen molar-refractivity contribution in [3.8, 4) is 0 Å². The van der Waals surface area contributed by atoms with Gasteiger partial charge in [0.2, 0.25) is 0 Å². The predicted molar refractivity (Wildman–Crippen MR) is 66.7 cm³/mol. The summed E-state index contributed by atoms with van der Waals surface area (Å²) in [6.45, 7) is 0. The van der Waals surface area contributed by atoms with E-state index in [4.69, 9.17) is 5.73 Å². The number of benzene rings is 1. The van der Waals surface area contributed by atoms with E-state index in [1.807, 2.05) is 12.1 Å². The van der Waals surface area contributed by atoms with Crippen molar-refractivity contribution in [2.75, 3.05) is 5.73 Å². The quantitative estimate of drug-likeness (QED) is 0.715. The molecule has 12 heavy (non-hydrogen) atoms. The van der Waals surface area contributed by atoms with Gasteiger partial charge in [-0.05, 0) is 44.6 Å². The van der Waals surface area contributed by atoms with Crippen molar-refractivity contribution in [1.82, 2.24) is 0 Å². The lowest BCUT2D eigenvalue weighted by Gasteiger charge is -1.91. The molecule has 0 saturated heterocycles. The van der Waals surface area contributed by atoms with Crippen LogP contribution in [0.15, 0.2) is 22.7 Å². The Morgan fingerprint density at radius 2 is 2.17 bits per heavy atom. The Morgan fingerprint density at radius 3 is 2.83 bits per heavy atom. The van der Waals surface area contributed by atoms with Crippen molar-refractivity contribution in [2.45, 2.75) is 0 Å². The van der Waals surface area contributed by atoms with Gasteiger partial charge in [-0.25, -0.2) is 0 Å². The van der Waals surface area contributed by atoms with E-state index in [2.05, 4.69) is 44.6 Å². The maximum Gasteiger partial charge on any atom is 0.100 e. The number of halogens is 2. The van der Waals surface area contributed by atoms with Crippen molar-refractivity contribution < 1.29 is 0 Å². The number of anilines is 1. The van der Waals surface area contributed by atoms with Crippen LogP contribution >= 0.6 is 49.9 Å². The van der Waals surface area contributed by atoms with E-state index in [1.54, 1.807) is 11.3 Å². The first-order chi connectivity index (χ1) is 5.70. The predicted octanol–water partition coefficient (Wildman–Crippen LogP) is 3.85. The summed E-state index contributed by atoms with van der Waals surface area (Å²) >= 11 is 7.40. The highest BCUT2D eigenvalue weighted by Gasteiger charge is 2.08. The molecule has 1 aromatic carbocycles. The first-order valence-electron chi connectivity index (χ1n) is 3.32. The van der Waals surface area contributed by atoms with E-state index < -0.39 is 0 Å². The summed E-state index contributed by atoms with van der Waals surface area (Å²) in [4.78, 5) is 0. The molecule has 62 valence electrons. The maximum absolute atomic E-state index is 5.81. The van der Waals surface area contributed by atoms with Crippen LogP contribution in [0, 0.1) is 3.57 Å². The van der Waals surface area contributed by atoms with E-state index >= 15 is 0 Å². The van der Waals surface area contributed by atoms with Gasteiger partial charge < -0.3 is 5.73 Å². The molecule has 2 aromatic rings. The molecule has 2 rings (SSSR count). The number of rotatable bonds is 0. The molecule has 0 saturated carbocycles. The van der Waals surface area contributed by atoms with E-state index in [1.165, 1.54) is 10.1 Å². The van der Waals surface area contributed by atoms with Crippen LogP contribution in [0.25, 0.3) is 10.1 Å². The molecule has 0 aliphatic heterocycles. The van der Waals surface area contributed by atoms with Gasteiger partial charge in [-0.1, -0.05) is 12.1 Å². The van der Waals surface area contributed by atoms with Gasteiger partial charge in [-0.2, -0.15) is 0 Å². The summed E-state index contributed by atoms with van der Waals surface area (Å²) in [5.74, 6) is 0. The average Bonchev–Trinajstić information content (AvgIpc) is 2.32. The molecule has 1 aromatic heterocycles. The van der Waals surface area contributed by atoms with E-state index in [9.17, 15) is 0 Å². The fourth-order valence-corrected chi connectivity index (χ4v) is 3.51. The highest BCUT2D eigenvalue weighted by atomic mass is 127. The molecular weight excluding hydrogens is 349 g/mol. The molecule has 0 spiro atoms. The number of hydrogen-bond acceptors (Lipinski definition) is 2. The Labute approximate surface area is 96.2 Å². The van der Waals surface area contributed by atoms with Crippen LogP contribution in [0.5, 0.6) is 0 Å². The zero-order valence-corrected chi connectivity index (χ0v) is 10.5. The maximum atomic E-state index is 5.81. The van der Waals surface area contributed by atoms with Gasteiger partial charge in [0.1, 0.15) is 5.00 Å². The Balaban J connectivity index is 2.95. The van der Waals surface area contributed by atoms with Gasteiger partial charge in [-0.15, -0.1) is 11.3 Å². The fourth-order valence-electron chi connectivity index (χ4n) is 1.07. The monoisotopic (exact) mass is 353 g/mol. The smallest absolute Gasteiger partial charge is 0.100 e. The summed E-state index contributed by atoms with van der Waals surface area (Å²) in [7, 11) is 0. The molecule has 0 amide bonds. The fraction of sp³-hybridized carbons (Fsp3) is 0. The lowest BCUT2D eigenvalue weighted by atomic mass is 10.3. The zero-order chi connectivity index (χ0) is 8.72. The molecule has 0 bridgehead atoms. The van der Waals surface area contributed by atoms with Gasteiger partial charge in [-0.3, -0.25) is 0 Å². The Morgan fingerprint density at radius 1 is 1.42 bits per heavy atom. The minimum atomic E-state index is 0.900. The molecule has 0 radical (unpaired) electrons. The van der Waals surface area contributed by atoms with Crippen molar-refractivity contribution >= 4 is 64.9 Å². The van der Waals surface area contributed by atoms with E-state index in [-0.39, 0.29) is 0 Å². The lowest BCUT2D eigenvalue weighted by Crippen LogP contribution is -1.79. The lowest BCUT2D eigenvalue weighted by molar-refractivity contribution is 1.78. The number of nitrogens with two attached hydrogens (primary N) is 1. The summed E-state index contributed by atoms with van der Waals surface area (Å²) in [6, 6.07) is 6.16. The molecule has 0 aliphatic carbocycles. The SMILES string of the molecule is Nc1sc2c(Br)cccc2c1I. The highest BCUT2D eigenvalue weighted by molar-refractivity contribution is 14.1. The Hall–Kier alpha value is 0.190. The first kappa shape index (κ1) is 8.77. The Bertz CT molecular complexity index is 438. The van der Waals surface area contributed by atoms with Gasteiger partial charge in [0.15, 0.2) is 0 Å². The van der Waals surface area contributed by atoms with Crippen molar-refractivity contribution in [3.63, 3.8) is 0 Å². The van der Waals surface area contributed by atoms with Crippen molar-refractivity contribution in [2.24, 2.45) is 0 Å². The normalized spacial score (nSPS) is 10.8. The largest absolute Gasteiger partial charge is 0.390 e. The summed E-state index contributed by atoms with van der Waals surface area (Å²) in [6.07, 6.45) is 0. The number of thiophene rings is 1. The van der Waals surface area contributed by atoms with Crippen molar-refractivity contribution in [1.29, 1.82) is 0 Å². The third-order valence-corrected chi connectivity index (χ3v) is 5.15. The molecule has 1 nitrogen and oxygen atoms in total. The molecule has 0 atom stereocenters. The van der Waals surface area contributed by atoms with Crippen LogP contribution < -0.4 is 5.73 Å². The topological polar surface area (TPSA) is 26.0 Å². The summed E-state index contributed by atoms with van der Waals surface area (Å²) < 4.78 is 3.52. The summed E-state index contributed by atoms with van der Waals surface area (Å²) in [5, 5.41) is 2.14. The van der Waals surface area contributed by atoms with Gasteiger partial charge in [0.05, 0.1) is 8.27 Å². The number of fused-ring (bicyclic) bond motifs is 1. The second-order valence-electron chi connectivity index (χ2n) is 2.40. The third kappa shape index (κ3) is 1.25. The van der Waals surface area contributed by atoms with Gasteiger partial charge >= 0.3 is 0 Å².